The van der Waals surface area contributed by atoms with Crippen molar-refractivity contribution in [1.29, 1.82) is 0 Å². The van der Waals surface area contributed by atoms with Gasteiger partial charge in [-0.15, -0.1) is 10.1 Å². The first-order valence-electron chi connectivity index (χ1n) is 10.3. The van der Waals surface area contributed by atoms with E-state index in [2.05, 4.69) is 10.7 Å². The van der Waals surface area contributed by atoms with E-state index in [0.29, 0.717) is 6.61 Å². The molecule has 6 nitrogen and oxygen atoms in total. The number of hydrazone groups is 1. The van der Waals surface area contributed by atoms with Crippen molar-refractivity contribution in [3.05, 3.63) is 101 Å². The molecule has 0 bridgehead atoms. The lowest BCUT2D eigenvalue weighted by molar-refractivity contribution is -0.596. The summed E-state index contributed by atoms with van der Waals surface area (Å²) in [5.41, 5.74) is 4.84. The number of rotatable bonds is 6. The minimum atomic E-state index is -0.839. The van der Waals surface area contributed by atoms with Crippen LogP contribution in [0.4, 0.5) is 4.39 Å². The van der Waals surface area contributed by atoms with Gasteiger partial charge in [0.25, 0.3) is 5.91 Å². The third-order valence-corrected chi connectivity index (χ3v) is 5.15. The molecule has 3 aromatic carbocycles. The van der Waals surface area contributed by atoms with Crippen LogP contribution in [-0.4, -0.2) is 35.4 Å². The fourth-order valence-electron chi connectivity index (χ4n) is 3.63. The van der Waals surface area contributed by atoms with Crippen LogP contribution in [0.3, 0.4) is 0 Å². The Morgan fingerprint density at radius 1 is 1.06 bits per heavy atom. The summed E-state index contributed by atoms with van der Waals surface area (Å²) >= 11 is 0. The van der Waals surface area contributed by atoms with Crippen LogP contribution in [0.1, 0.15) is 34.5 Å². The Balaban J connectivity index is 1.64. The molecule has 0 saturated carbocycles. The topological polar surface area (TPSA) is 70.4 Å². The molecule has 0 spiro atoms. The first kappa shape index (κ1) is 21.2. The zero-order valence-corrected chi connectivity index (χ0v) is 17.5. The van der Waals surface area contributed by atoms with Crippen LogP contribution in [0, 0.1) is 5.82 Å². The molecule has 1 aliphatic heterocycles. The first-order chi connectivity index (χ1) is 15.5. The fraction of sp³-hybridized carbons (Fsp3) is 0.160. The maximum absolute atomic E-state index is 13.2. The molecule has 2 atom stereocenters. The van der Waals surface area contributed by atoms with Gasteiger partial charge in [0.1, 0.15) is 11.6 Å². The van der Waals surface area contributed by atoms with Gasteiger partial charge in [0.2, 0.25) is 12.3 Å². The number of carbonyl (C=O) groups is 2. The van der Waals surface area contributed by atoms with Gasteiger partial charge in [-0.1, -0.05) is 30.3 Å². The van der Waals surface area contributed by atoms with Crippen molar-refractivity contribution in [2.24, 2.45) is 0 Å². The Labute approximate surface area is 185 Å². The van der Waals surface area contributed by atoms with Gasteiger partial charge in [-0.2, -0.15) is 0 Å². The number of hydrazine groups is 1. The summed E-state index contributed by atoms with van der Waals surface area (Å²) < 4.78 is 20.4. The van der Waals surface area contributed by atoms with Crippen molar-refractivity contribution < 1.29 is 23.4 Å². The zero-order chi connectivity index (χ0) is 22.5. The van der Waals surface area contributed by atoms with Gasteiger partial charge in [0.15, 0.2) is 6.04 Å². The minimum Gasteiger partial charge on any atom is -0.494 e. The summed E-state index contributed by atoms with van der Waals surface area (Å²) in [5.74, 6) is -0.455. The van der Waals surface area contributed by atoms with Crippen LogP contribution in [0.15, 0.2) is 78.9 Å². The van der Waals surface area contributed by atoms with Gasteiger partial charge in [-0.3, -0.25) is 9.59 Å². The van der Waals surface area contributed by atoms with E-state index in [1.54, 1.807) is 4.68 Å². The van der Waals surface area contributed by atoms with E-state index in [1.807, 2.05) is 67.7 Å². The van der Waals surface area contributed by atoms with Gasteiger partial charge in [0.05, 0.1) is 6.61 Å². The fourth-order valence-corrected chi connectivity index (χ4v) is 3.63. The Hall–Kier alpha value is -4.00. The van der Waals surface area contributed by atoms with Crippen LogP contribution in [-0.2, 0) is 4.79 Å². The zero-order valence-electron chi connectivity index (χ0n) is 17.5. The van der Waals surface area contributed by atoms with Gasteiger partial charge in [-0.05, 0) is 55.5 Å². The highest BCUT2D eigenvalue weighted by molar-refractivity contribution is 5.98. The van der Waals surface area contributed by atoms with E-state index < -0.39 is 23.8 Å². The summed E-state index contributed by atoms with van der Waals surface area (Å²) in [6.45, 7) is 2.50. The van der Waals surface area contributed by atoms with Crippen LogP contribution in [0.5, 0.6) is 5.75 Å². The van der Waals surface area contributed by atoms with Crippen molar-refractivity contribution in [3.63, 3.8) is 0 Å². The second-order valence-electron chi connectivity index (χ2n) is 7.33. The van der Waals surface area contributed by atoms with E-state index in [4.69, 9.17) is 4.74 Å². The normalized spacial score (nSPS) is 18.9. The SMILES string of the molecule is CCOc1ccc(/C=[N+]2\NC(=O)[C@H](NC(=O)c3ccc(F)cc3)[C@H]2c2ccccc2)cc1. The molecule has 162 valence electrons. The van der Waals surface area contributed by atoms with Crippen LogP contribution < -0.4 is 15.5 Å². The van der Waals surface area contributed by atoms with Crippen molar-refractivity contribution in [1.82, 2.24) is 10.7 Å². The average Bonchev–Trinajstić information content (AvgIpc) is 3.10. The number of hydrogen-bond donors (Lipinski definition) is 2. The largest absolute Gasteiger partial charge is 0.494 e. The van der Waals surface area contributed by atoms with Gasteiger partial charge in [0, 0.05) is 16.7 Å². The Kier molecular flexibility index (Phi) is 6.26. The molecule has 0 radical (unpaired) electrons. The highest BCUT2D eigenvalue weighted by Crippen LogP contribution is 2.25. The van der Waals surface area contributed by atoms with E-state index >= 15 is 0 Å². The smallest absolute Gasteiger partial charge is 0.304 e. The molecule has 1 aliphatic rings. The molecular weight excluding hydrogens is 409 g/mol. The number of amides is 2. The molecule has 2 N–H and O–H groups in total. The predicted molar refractivity (Wildman–Crippen MR) is 118 cm³/mol. The number of benzene rings is 3. The lowest BCUT2D eigenvalue weighted by atomic mass is 10.00. The number of hydrogen-bond acceptors (Lipinski definition) is 3. The summed E-state index contributed by atoms with van der Waals surface area (Å²) in [6.07, 6.45) is 1.81. The Morgan fingerprint density at radius 2 is 1.75 bits per heavy atom. The number of halogens is 1. The molecule has 0 unspecified atom stereocenters. The third-order valence-electron chi connectivity index (χ3n) is 5.15. The van der Waals surface area contributed by atoms with Gasteiger partial charge in [-0.25, -0.2) is 4.39 Å². The van der Waals surface area contributed by atoms with E-state index in [9.17, 15) is 14.0 Å². The molecule has 0 aliphatic carbocycles. The van der Waals surface area contributed by atoms with Crippen LogP contribution in [0.25, 0.3) is 0 Å². The maximum atomic E-state index is 13.2. The molecule has 1 saturated heterocycles. The van der Waals surface area contributed by atoms with Crippen molar-refractivity contribution in [2.75, 3.05) is 6.61 Å². The lowest BCUT2D eigenvalue weighted by Crippen LogP contribution is -2.42. The van der Waals surface area contributed by atoms with Crippen molar-refractivity contribution >= 4 is 18.0 Å². The Bertz CT molecular complexity index is 1130. The standard InChI is InChI=1S/C25H22FN3O3/c1-2-32-21-14-8-17(9-15-21)16-29-23(18-6-4-3-5-7-18)22(25(31)28-29)27-24(30)19-10-12-20(26)13-11-19/h3-16,22-23H,2H2,1H3,(H-,27,28,30,31)/p+1/b29-16-/t22-,23-/m1/s1. The van der Waals surface area contributed by atoms with E-state index in [1.165, 1.54) is 24.3 Å². The molecule has 7 heteroatoms. The van der Waals surface area contributed by atoms with Gasteiger partial charge >= 0.3 is 5.91 Å². The monoisotopic (exact) mass is 432 g/mol. The van der Waals surface area contributed by atoms with Crippen molar-refractivity contribution in [3.8, 4) is 5.75 Å². The number of carbonyl (C=O) groups excluding carboxylic acids is 2. The van der Waals surface area contributed by atoms with E-state index in [0.717, 1.165) is 16.9 Å². The van der Waals surface area contributed by atoms with E-state index in [-0.39, 0.29) is 11.5 Å². The van der Waals surface area contributed by atoms with Gasteiger partial charge < -0.3 is 10.1 Å². The highest BCUT2D eigenvalue weighted by Gasteiger charge is 2.47. The summed E-state index contributed by atoms with van der Waals surface area (Å²) in [5, 5.41) is 2.80. The quantitative estimate of drug-likeness (QED) is 0.588. The second-order valence-corrected chi connectivity index (χ2v) is 7.33. The van der Waals surface area contributed by atoms with Crippen LogP contribution in [0.2, 0.25) is 0 Å². The molecule has 3 aromatic rings. The highest BCUT2D eigenvalue weighted by atomic mass is 19.1. The summed E-state index contributed by atoms with van der Waals surface area (Å²) in [4.78, 5) is 25.6. The lowest BCUT2D eigenvalue weighted by Gasteiger charge is -2.14. The molecule has 4 rings (SSSR count). The molecule has 0 aromatic heterocycles. The summed E-state index contributed by atoms with van der Waals surface area (Å²) in [6, 6.07) is 20.9. The average molecular weight is 432 g/mol. The number of nitrogens with one attached hydrogen (secondary N) is 2. The molecular formula is C25H23FN3O3+. The van der Waals surface area contributed by atoms with Crippen LogP contribution >= 0.6 is 0 Å². The molecule has 32 heavy (non-hydrogen) atoms. The first-order valence-corrected chi connectivity index (χ1v) is 10.3. The number of ether oxygens (including phenoxy) is 1. The predicted octanol–water partition coefficient (Wildman–Crippen LogP) is 3.24. The molecule has 1 heterocycles. The number of nitrogens with zero attached hydrogens (tertiary/aromatic N) is 1. The minimum absolute atomic E-state index is 0.278. The molecule has 2 amide bonds. The second kappa shape index (κ2) is 9.43. The third kappa shape index (κ3) is 4.67. The maximum Gasteiger partial charge on any atom is 0.304 e. The van der Waals surface area contributed by atoms with Crippen molar-refractivity contribution in [2.45, 2.75) is 19.0 Å². The molecule has 1 fully saturated rings. The Morgan fingerprint density at radius 3 is 2.41 bits per heavy atom. The summed E-state index contributed by atoms with van der Waals surface area (Å²) in [7, 11) is 0.